The van der Waals surface area contributed by atoms with Crippen LogP contribution in [0, 0.1) is 0 Å². The molecule has 1 aromatic carbocycles. The Morgan fingerprint density at radius 3 is 2.65 bits per heavy atom. The van der Waals surface area contributed by atoms with Crippen LogP contribution >= 0.6 is 0 Å². The summed E-state index contributed by atoms with van der Waals surface area (Å²) in [6.45, 7) is 0. The highest BCUT2D eigenvalue weighted by Crippen LogP contribution is 2.14. The molecule has 0 amide bonds. The summed E-state index contributed by atoms with van der Waals surface area (Å²) in [5, 5.41) is 8.66. The van der Waals surface area contributed by atoms with Gasteiger partial charge in [-0.05, 0) is 0 Å². The Labute approximate surface area is 96.8 Å². The zero-order valence-corrected chi connectivity index (χ0v) is 8.88. The van der Waals surface area contributed by atoms with E-state index in [1.54, 1.807) is 0 Å². The van der Waals surface area contributed by atoms with Gasteiger partial charge >= 0.3 is 5.97 Å². The molecule has 86 valence electrons. The van der Waals surface area contributed by atoms with Crippen LogP contribution in [0.4, 0.5) is 0 Å². The molecule has 0 atom stereocenters. The first-order chi connectivity index (χ1) is 8.15. The van der Waals surface area contributed by atoms with Crippen molar-refractivity contribution in [1.29, 1.82) is 0 Å². The van der Waals surface area contributed by atoms with Crippen LogP contribution in [0.1, 0.15) is 5.82 Å². The summed E-state index contributed by atoms with van der Waals surface area (Å²) in [5.74, 6) is -0.873. The van der Waals surface area contributed by atoms with Crippen molar-refractivity contribution in [2.75, 3.05) is 0 Å². The summed E-state index contributed by atoms with van der Waals surface area (Å²) in [6, 6.07) is 10.5. The molecule has 0 aliphatic heterocycles. The zero-order chi connectivity index (χ0) is 12.3. The number of hydrogen-bond donors (Lipinski definition) is 2. The normalized spacial score (nSPS) is 10.1. The number of aromatic amines is 1. The number of rotatable bonds is 3. The molecule has 5 nitrogen and oxygen atoms in total. The number of hydrogen-bond acceptors (Lipinski definition) is 3. The van der Waals surface area contributed by atoms with Crippen LogP contribution in [-0.2, 0) is 11.2 Å². The summed E-state index contributed by atoms with van der Waals surface area (Å²) in [7, 11) is 0. The number of nitrogens with one attached hydrogen (secondary N) is 1. The predicted octanol–water partition coefficient (Wildman–Crippen LogP) is 1.06. The van der Waals surface area contributed by atoms with E-state index in [-0.39, 0.29) is 17.8 Å². The second-order valence-electron chi connectivity index (χ2n) is 3.51. The Bertz CT molecular complexity index is 590. The maximum atomic E-state index is 11.4. The Hall–Kier alpha value is -2.43. The summed E-state index contributed by atoms with van der Waals surface area (Å²) in [6.07, 6.45) is -0.296. The van der Waals surface area contributed by atoms with Gasteiger partial charge in [-0.25, -0.2) is 4.98 Å². The van der Waals surface area contributed by atoms with Crippen molar-refractivity contribution in [3.63, 3.8) is 0 Å². The van der Waals surface area contributed by atoms with Gasteiger partial charge in [0.15, 0.2) is 0 Å². The topological polar surface area (TPSA) is 83.0 Å². The minimum atomic E-state index is -1.03. The van der Waals surface area contributed by atoms with Crippen LogP contribution in [0.2, 0.25) is 0 Å². The van der Waals surface area contributed by atoms with Gasteiger partial charge in [-0.1, -0.05) is 30.3 Å². The minimum absolute atomic E-state index is 0.156. The molecule has 0 saturated heterocycles. The van der Waals surface area contributed by atoms with Crippen LogP contribution in [0.25, 0.3) is 11.3 Å². The molecule has 0 unspecified atom stereocenters. The molecule has 0 spiro atoms. The van der Waals surface area contributed by atoms with Gasteiger partial charge in [-0.15, -0.1) is 0 Å². The first-order valence-electron chi connectivity index (χ1n) is 5.02. The summed E-state index contributed by atoms with van der Waals surface area (Å²) in [5.41, 5.74) is 0.908. The number of nitrogens with zero attached hydrogens (tertiary/aromatic N) is 1. The molecular formula is C12H10N2O3. The number of aromatic nitrogens is 2. The van der Waals surface area contributed by atoms with E-state index < -0.39 is 5.97 Å². The number of aliphatic carboxylic acids is 1. The third kappa shape index (κ3) is 2.78. The molecule has 2 N–H and O–H groups in total. The monoisotopic (exact) mass is 230 g/mol. The maximum absolute atomic E-state index is 11.4. The molecule has 0 aliphatic rings. The van der Waals surface area contributed by atoms with Crippen molar-refractivity contribution in [3.8, 4) is 11.3 Å². The van der Waals surface area contributed by atoms with Crippen LogP contribution < -0.4 is 5.56 Å². The molecule has 2 aromatic rings. The molecule has 0 radical (unpaired) electrons. The fourth-order valence-electron chi connectivity index (χ4n) is 1.49. The standard InChI is InChI=1S/C12H10N2O3/c15-11-6-9(8-4-2-1-3-5-8)13-10(14-11)7-12(16)17/h1-6H,7H2,(H,16,17)(H,13,14,15). The van der Waals surface area contributed by atoms with Crippen molar-refractivity contribution in [3.05, 3.63) is 52.6 Å². The number of carboxylic acid groups (broad SMARTS) is 1. The Balaban J connectivity index is 2.45. The van der Waals surface area contributed by atoms with Gasteiger partial charge in [0, 0.05) is 11.6 Å². The fraction of sp³-hybridized carbons (Fsp3) is 0.0833. The molecule has 17 heavy (non-hydrogen) atoms. The van der Waals surface area contributed by atoms with E-state index in [9.17, 15) is 9.59 Å². The van der Waals surface area contributed by atoms with Crippen molar-refractivity contribution in [2.45, 2.75) is 6.42 Å². The van der Waals surface area contributed by atoms with E-state index in [2.05, 4.69) is 9.97 Å². The average molecular weight is 230 g/mol. The molecule has 1 aromatic heterocycles. The molecule has 0 saturated carbocycles. The van der Waals surface area contributed by atoms with E-state index in [1.807, 2.05) is 30.3 Å². The zero-order valence-electron chi connectivity index (χ0n) is 8.88. The lowest BCUT2D eigenvalue weighted by Gasteiger charge is -2.02. The van der Waals surface area contributed by atoms with Crippen LogP contribution in [-0.4, -0.2) is 21.0 Å². The number of carboxylic acids is 1. The van der Waals surface area contributed by atoms with Gasteiger partial charge in [0.05, 0.1) is 5.69 Å². The lowest BCUT2D eigenvalue weighted by molar-refractivity contribution is -0.136. The molecule has 2 rings (SSSR count). The van der Waals surface area contributed by atoms with Gasteiger partial charge in [-0.2, -0.15) is 0 Å². The van der Waals surface area contributed by atoms with Gasteiger partial charge in [0.25, 0.3) is 5.56 Å². The quantitative estimate of drug-likeness (QED) is 0.826. The van der Waals surface area contributed by atoms with Crippen LogP contribution in [0.5, 0.6) is 0 Å². The highest BCUT2D eigenvalue weighted by atomic mass is 16.4. The third-order valence-electron chi connectivity index (χ3n) is 2.18. The number of carbonyl (C=O) groups is 1. The molecule has 0 bridgehead atoms. The van der Waals surface area contributed by atoms with Gasteiger partial charge in [0.1, 0.15) is 12.2 Å². The highest BCUT2D eigenvalue weighted by molar-refractivity contribution is 5.69. The Morgan fingerprint density at radius 1 is 1.29 bits per heavy atom. The molecule has 5 heteroatoms. The van der Waals surface area contributed by atoms with E-state index in [0.29, 0.717) is 5.69 Å². The second-order valence-corrected chi connectivity index (χ2v) is 3.51. The van der Waals surface area contributed by atoms with Gasteiger partial charge in [-0.3, -0.25) is 9.59 Å². The van der Waals surface area contributed by atoms with Gasteiger partial charge in [0.2, 0.25) is 0 Å². The van der Waals surface area contributed by atoms with Crippen molar-refractivity contribution in [2.24, 2.45) is 0 Å². The van der Waals surface area contributed by atoms with E-state index >= 15 is 0 Å². The smallest absolute Gasteiger partial charge is 0.311 e. The lowest BCUT2D eigenvalue weighted by Crippen LogP contribution is -2.14. The Morgan fingerprint density at radius 2 is 2.00 bits per heavy atom. The maximum Gasteiger partial charge on any atom is 0.311 e. The number of benzene rings is 1. The second kappa shape index (κ2) is 4.61. The van der Waals surface area contributed by atoms with Crippen molar-refractivity contribution >= 4 is 5.97 Å². The lowest BCUT2D eigenvalue weighted by atomic mass is 10.1. The van der Waals surface area contributed by atoms with E-state index in [1.165, 1.54) is 6.07 Å². The largest absolute Gasteiger partial charge is 0.481 e. The summed E-state index contributed by atoms with van der Waals surface area (Å²) >= 11 is 0. The summed E-state index contributed by atoms with van der Waals surface area (Å²) in [4.78, 5) is 28.5. The predicted molar refractivity (Wildman–Crippen MR) is 61.6 cm³/mol. The fourth-order valence-corrected chi connectivity index (χ4v) is 1.49. The van der Waals surface area contributed by atoms with E-state index in [4.69, 9.17) is 5.11 Å². The van der Waals surface area contributed by atoms with E-state index in [0.717, 1.165) is 5.56 Å². The SMILES string of the molecule is O=C(O)Cc1nc(-c2ccccc2)cc(=O)[nH]1. The molecular weight excluding hydrogens is 220 g/mol. The first kappa shape index (κ1) is 11.1. The minimum Gasteiger partial charge on any atom is -0.481 e. The number of H-pyrrole nitrogens is 1. The van der Waals surface area contributed by atoms with Crippen LogP contribution in [0.3, 0.4) is 0 Å². The van der Waals surface area contributed by atoms with Crippen LogP contribution in [0.15, 0.2) is 41.2 Å². The van der Waals surface area contributed by atoms with Crippen molar-refractivity contribution < 1.29 is 9.90 Å². The first-order valence-corrected chi connectivity index (χ1v) is 5.02. The highest BCUT2D eigenvalue weighted by Gasteiger charge is 2.06. The molecule has 0 aliphatic carbocycles. The molecule has 1 heterocycles. The summed E-state index contributed by atoms with van der Waals surface area (Å²) < 4.78 is 0. The van der Waals surface area contributed by atoms with Gasteiger partial charge < -0.3 is 10.1 Å². The van der Waals surface area contributed by atoms with Crippen molar-refractivity contribution in [1.82, 2.24) is 9.97 Å². The average Bonchev–Trinajstić information content (AvgIpc) is 2.28. The Kier molecular flexibility index (Phi) is 3.00. The molecule has 0 fully saturated rings. The third-order valence-corrected chi connectivity index (χ3v) is 2.18.